The third kappa shape index (κ3) is 14.2. The lowest BCUT2D eigenvalue weighted by Gasteiger charge is -1.36. The second-order valence-corrected chi connectivity index (χ2v) is 1.93. The molecule has 0 atom stereocenters. The van der Waals surface area contributed by atoms with Crippen LogP contribution >= 0.6 is 22.2 Å². The average molecular weight is 115 g/mol. The second-order valence-electron chi connectivity index (χ2n) is 0.0714. The molecule has 2 radical (unpaired) electrons. The van der Waals surface area contributed by atoms with Crippen molar-refractivity contribution in [1.82, 2.24) is 0 Å². The summed E-state index contributed by atoms with van der Waals surface area (Å²) in [6, 6.07) is 0. The van der Waals surface area contributed by atoms with Gasteiger partial charge in [-0.05, 0) is 0 Å². The van der Waals surface area contributed by atoms with Gasteiger partial charge in [-0.2, -0.15) is 0 Å². The van der Waals surface area contributed by atoms with Crippen molar-refractivity contribution < 1.29 is 0 Å². The van der Waals surface area contributed by atoms with Crippen LogP contribution in [0, 0.1) is 0 Å². The van der Waals surface area contributed by atoms with Crippen LogP contribution in [0.2, 0.25) is 0 Å². The molecule has 0 nitrogen and oxygen atoms in total. The molecule has 0 aliphatic carbocycles. The Morgan fingerprint density at radius 3 is 1.25 bits per heavy atom. The first kappa shape index (κ1) is 8.84. The maximum Gasteiger partial charge on any atom is 0.295 e. The Bertz CT molecular complexity index is 6.00. The van der Waals surface area contributed by atoms with E-state index in [9.17, 15) is 0 Å². The zero-order valence-corrected chi connectivity index (χ0v) is 3.77. The molecule has 0 fully saturated rings. The molecule has 0 aliphatic heterocycles. The van der Waals surface area contributed by atoms with E-state index < -0.39 is 0 Å². The van der Waals surface area contributed by atoms with Gasteiger partial charge in [0.2, 0.25) is 0 Å². The smallest absolute Gasteiger partial charge is 0.148 e. The highest BCUT2D eigenvalue weighted by Gasteiger charge is 1.51. The summed E-state index contributed by atoms with van der Waals surface area (Å²) in [7, 11) is 0.0278. The van der Waals surface area contributed by atoms with Crippen molar-refractivity contribution in [1.29, 1.82) is 0 Å². The predicted octanol–water partition coefficient (Wildman–Crippen LogP) is 1.63. The van der Waals surface area contributed by atoms with Gasteiger partial charge in [0.15, 0.2) is 0 Å². The Kier molecular flexibility index (Phi) is 20.3. The van der Waals surface area contributed by atoms with Crippen LogP contribution in [0.3, 0.4) is 0 Å². The molecule has 0 heterocycles. The molecule has 0 saturated heterocycles. The molecule has 0 aromatic rings. The van der Waals surface area contributed by atoms with Crippen LogP contribution < -0.4 is 0 Å². The third-order valence-corrected chi connectivity index (χ3v) is 0. The second kappa shape index (κ2) is 9.20. The molecule has 0 rings (SSSR count). The van der Waals surface area contributed by atoms with Gasteiger partial charge < -0.3 is 0 Å². The SMILES string of the molecule is C.Cl[Si]Cl. The molecule has 0 N–H and O–H groups in total. The van der Waals surface area contributed by atoms with E-state index in [2.05, 4.69) is 0 Å². The fraction of sp³-hybridized carbons (Fsp3) is 1.00. The minimum Gasteiger partial charge on any atom is -0.148 e. The van der Waals surface area contributed by atoms with E-state index in [4.69, 9.17) is 22.2 Å². The standard InChI is InChI=1S/CH4.Cl2Si/c;1-3-2/h1H4;. The van der Waals surface area contributed by atoms with Gasteiger partial charge in [-0.3, -0.25) is 0 Å². The van der Waals surface area contributed by atoms with Gasteiger partial charge in [0.1, 0.15) is 0 Å². The van der Waals surface area contributed by atoms with Crippen molar-refractivity contribution in [2.45, 2.75) is 7.43 Å². The van der Waals surface area contributed by atoms with Gasteiger partial charge in [0, 0.05) is 0 Å². The first-order valence-electron chi connectivity index (χ1n) is 0.378. The molecule has 0 bridgehead atoms. The van der Waals surface area contributed by atoms with Gasteiger partial charge in [0.25, 0.3) is 8.14 Å². The highest BCUT2D eigenvalue weighted by atomic mass is 35.7. The molecule has 3 heteroatoms. The molecule has 0 amide bonds. The fourth-order valence-electron chi connectivity index (χ4n) is 0. The maximum absolute atomic E-state index is 4.79. The first-order valence-corrected chi connectivity index (χ1v) is 3.40. The Hall–Kier alpha value is 0.797. The Morgan fingerprint density at radius 1 is 1.25 bits per heavy atom. The molecular formula is CH4Cl2Si. The maximum atomic E-state index is 4.79. The van der Waals surface area contributed by atoms with Gasteiger partial charge in [-0.15, -0.1) is 22.2 Å². The van der Waals surface area contributed by atoms with Crippen molar-refractivity contribution in [3.05, 3.63) is 0 Å². The summed E-state index contributed by atoms with van der Waals surface area (Å²) in [5.41, 5.74) is 0. The summed E-state index contributed by atoms with van der Waals surface area (Å²) in [6.45, 7) is 0. The van der Waals surface area contributed by atoms with E-state index in [0.717, 1.165) is 0 Å². The number of rotatable bonds is 0. The largest absolute Gasteiger partial charge is 0.295 e. The molecule has 0 aliphatic rings. The summed E-state index contributed by atoms with van der Waals surface area (Å²) >= 11 is 9.58. The molecular weight excluding hydrogens is 111 g/mol. The summed E-state index contributed by atoms with van der Waals surface area (Å²) in [5.74, 6) is 0. The van der Waals surface area contributed by atoms with Crippen molar-refractivity contribution in [2.24, 2.45) is 0 Å². The molecule has 0 spiro atoms. The Balaban J connectivity index is 0. The van der Waals surface area contributed by atoms with E-state index in [1.807, 2.05) is 0 Å². The molecule has 0 aromatic carbocycles. The van der Waals surface area contributed by atoms with Crippen LogP contribution in [-0.4, -0.2) is 8.14 Å². The van der Waals surface area contributed by atoms with E-state index in [1.54, 1.807) is 0 Å². The van der Waals surface area contributed by atoms with Crippen LogP contribution in [0.1, 0.15) is 7.43 Å². The zero-order chi connectivity index (χ0) is 2.71. The van der Waals surface area contributed by atoms with Crippen molar-refractivity contribution in [2.75, 3.05) is 0 Å². The van der Waals surface area contributed by atoms with Crippen molar-refractivity contribution in [3.8, 4) is 0 Å². The summed E-state index contributed by atoms with van der Waals surface area (Å²) in [4.78, 5) is 0. The van der Waals surface area contributed by atoms with Crippen LogP contribution in [0.15, 0.2) is 0 Å². The average Bonchev–Trinajstić information content (AvgIpc) is 0.918. The van der Waals surface area contributed by atoms with Crippen LogP contribution in [-0.2, 0) is 0 Å². The monoisotopic (exact) mass is 114 g/mol. The Labute approximate surface area is 38.3 Å². The van der Waals surface area contributed by atoms with Gasteiger partial charge in [0.05, 0.1) is 0 Å². The minimum atomic E-state index is 0. The molecule has 4 heavy (non-hydrogen) atoms. The quantitative estimate of drug-likeness (QED) is 0.332. The fourth-order valence-corrected chi connectivity index (χ4v) is 0. The molecule has 0 saturated carbocycles. The van der Waals surface area contributed by atoms with Gasteiger partial charge >= 0.3 is 0 Å². The minimum absolute atomic E-state index is 0. The topological polar surface area (TPSA) is 0 Å². The van der Waals surface area contributed by atoms with Gasteiger partial charge in [-0.25, -0.2) is 0 Å². The lowest BCUT2D eigenvalue weighted by Crippen LogP contribution is -1.36. The Morgan fingerprint density at radius 2 is 1.25 bits per heavy atom. The van der Waals surface area contributed by atoms with E-state index >= 15 is 0 Å². The van der Waals surface area contributed by atoms with Crippen LogP contribution in [0.25, 0.3) is 0 Å². The lowest BCUT2D eigenvalue weighted by atomic mass is 12.0. The number of hydrogen-bond acceptors (Lipinski definition) is 0. The summed E-state index contributed by atoms with van der Waals surface area (Å²) < 4.78 is 0. The molecule has 0 aromatic heterocycles. The number of halogens is 2. The molecule has 26 valence electrons. The highest BCUT2D eigenvalue weighted by Crippen LogP contribution is 1.67. The summed E-state index contributed by atoms with van der Waals surface area (Å²) in [6.07, 6.45) is 0. The van der Waals surface area contributed by atoms with E-state index in [1.165, 1.54) is 0 Å². The van der Waals surface area contributed by atoms with Crippen LogP contribution in [0.5, 0.6) is 0 Å². The van der Waals surface area contributed by atoms with E-state index in [-0.39, 0.29) is 15.6 Å². The lowest BCUT2D eigenvalue weighted by molar-refractivity contribution is 2.50. The van der Waals surface area contributed by atoms with Gasteiger partial charge in [-0.1, -0.05) is 7.43 Å². The van der Waals surface area contributed by atoms with Crippen molar-refractivity contribution in [3.63, 3.8) is 0 Å². The molecule has 0 unspecified atom stereocenters. The normalized spacial score (nSPS) is 4.50. The summed E-state index contributed by atoms with van der Waals surface area (Å²) in [5, 5.41) is 0. The van der Waals surface area contributed by atoms with E-state index in [0.29, 0.717) is 0 Å². The highest BCUT2D eigenvalue weighted by molar-refractivity contribution is 7.22. The van der Waals surface area contributed by atoms with Crippen molar-refractivity contribution >= 4 is 30.3 Å². The number of hydrogen-bond donors (Lipinski definition) is 0. The predicted molar refractivity (Wildman–Crippen MR) is 24.2 cm³/mol. The zero-order valence-electron chi connectivity index (χ0n) is 1.26. The van der Waals surface area contributed by atoms with Crippen LogP contribution in [0.4, 0.5) is 0 Å². The third-order valence-electron chi connectivity index (χ3n) is 0. The first-order chi connectivity index (χ1) is 1.41.